The Kier molecular flexibility index (Phi) is 3.97. The van der Waals surface area contributed by atoms with Crippen LogP contribution in [0.5, 0.6) is 0 Å². The number of ketones is 1. The number of carbonyl (C=O) groups excluding carboxylic acids is 3. The number of Topliss-reactive ketones (excluding diaryl/α,β-unsaturated/α-hetero) is 1. The summed E-state index contributed by atoms with van der Waals surface area (Å²) in [6, 6.07) is 0. The lowest BCUT2D eigenvalue weighted by Crippen LogP contribution is -2.62. The molecule has 0 bridgehead atoms. The van der Waals surface area contributed by atoms with Gasteiger partial charge in [-0.15, -0.1) is 0 Å². The summed E-state index contributed by atoms with van der Waals surface area (Å²) in [5, 5.41) is 0. The van der Waals surface area contributed by atoms with Crippen molar-refractivity contribution in [3.8, 4) is 0 Å². The zero-order chi connectivity index (χ0) is 18.6. The maximum absolute atomic E-state index is 13.2. The van der Waals surface area contributed by atoms with E-state index in [1.807, 2.05) is 18.7 Å². The summed E-state index contributed by atoms with van der Waals surface area (Å²) in [4.78, 5) is 41.5. The third-order valence-corrected chi connectivity index (χ3v) is 5.89. The maximum atomic E-state index is 13.2. The lowest BCUT2D eigenvalue weighted by atomic mass is 9.93. The fourth-order valence-corrected chi connectivity index (χ4v) is 4.28. The fourth-order valence-electron chi connectivity index (χ4n) is 4.28. The van der Waals surface area contributed by atoms with Crippen LogP contribution in [0.2, 0.25) is 0 Å². The molecule has 2 aliphatic carbocycles. The van der Waals surface area contributed by atoms with Gasteiger partial charge < -0.3 is 14.2 Å². The molecule has 6 heteroatoms. The Morgan fingerprint density at radius 2 is 1.88 bits per heavy atom. The van der Waals surface area contributed by atoms with Gasteiger partial charge in [-0.25, -0.2) is 0 Å². The third kappa shape index (κ3) is 2.75. The first-order chi connectivity index (χ1) is 12.3. The first-order valence-corrected chi connectivity index (χ1v) is 9.56. The highest BCUT2D eigenvalue weighted by molar-refractivity contribution is 6.03. The van der Waals surface area contributed by atoms with Crippen LogP contribution in [0, 0.1) is 12.8 Å². The van der Waals surface area contributed by atoms with Crippen molar-refractivity contribution >= 4 is 17.6 Å². The second-order valence-corrected chi connectivity index (χ2v) is 8.43. The number of hydrogen-bond acceptors (Lipinski definition) is 4. The monoisotopic (exact) mass is 358 g/mol. The standard InChI is InChI=1S/C20H26N2O4/c1-12-16-14(23)5-4-6-15(16)26-17(12)19(25)22-10-9-21(11-20(22,2)3)18(24)13-7-8-13/h13H,4-11H2,1-3H3. The molecule has 0 radical (unpaired) electrons. The highest BCUT2D eigenvalue weighted by Crippen LogP contribution is 2.35. The zero-order valence-corrected chi connectivity index (χ0v) is 15.8. The van der Waals surface area contributed by atoms with Crippen LogP contribution in [0.4, 0.5) is 0 Å². The van der Waals surface area contributed by atoms with E-state index in [1.54, 1.807) is 11.8 Å². The molecule has 26 heavy (non-hydrogen) atoms. The van der Waals surface area contributed by atoms with Crippen molar-refractivity contribution in [2.45, 2.75) is 58.4 Å². The molecule has 140 valence electrons. The number of carbonyl (C=O) groups is 3. The van der Waals surface area contributed by atoms with Crippen molar-refractivity contribution in [2.24, 2.45) is 5.92 Å². The van der Waals surface area contributed by atoms with Crippen LogP contribution in [0.1, 0.15) is 71.8 Å². The molecule has 0 atom stereocenters. The number of hydrogen-bond donors (Lipinski definition) is 0. The molecule has 0 aromatic carbocycles. The van der Waals surface area contributed by atoms with Crippen LogP contribution >= 0.6 is 0 Å². The Balaban J connectivity index is 1.57. The van der Waals surface area contributed by atoms with Gasteiger partial charge in [0.2, 0.25) is 5.91 Å². The average molecular weight is 358 g/mol. The van der Waals surface area contributed by atoms with E-state index < -0.39 is 5.54 Å². The summed E-state index contributed by atoms with van der Waals surface area (Å²) in [6.07, 6.45) is 3.99. The summed E-state index contributed by atoms with van der Waals surface area (Å²) in [7, 11) is 0. The van der Waals surface area contributed by atoms with Crippen molar-refractivity contribution < 1.29 is 18.8 Å². The molecule has 3 aliphatic rings. The summed E-state index contributed by atoms with van der Waals surface area (Å²) >= 11 is 0. The summed E-state index contributed by atoms with van der Waals surface area (Å²) in [5.41, 5.74) is 0.811. The zero-order valence-electron chi connectivity index (χ0n) is 15.8. The SMILES string of the molecule is Cc1c(C(=O)N2CCN(C(=O)C3CC3)CC2(C)C)oc2c1C(=O)CCC2. The van der Waals surface area contributed by atoms with Gasteiger partial charge in [0, 0.05) is 44.0 Å². The number of nitrogens with zero attached hydrogens (tertiary/aromatic N) is 2. The molecular formula is C20H26N2O4. The van der Waals surface area contributed by atoms with Crippen molar-refractivity contribution in [3.05, 3.63) is 22.6 Å². The Labute approximate surface area is 153 Å². The fraction of sp³-hybridized carbons (Fsp3) is 0.650. The Hall–Kier alpha value is -2.11. The minimum absolute atomic E-state index is 0.0747. The maximum Gasteiger partial charge on any atom is 0.290 e. The minimum atomic E-state index is -0.469. The van der Waals surface area contributed by atoms with Crippen LogP contribution in [-0.2, 0) is 11.2 Å². The molecule has 0 N–H and O–H groups in total. The number of amides is 2. The summed E-state index contributed by atoms with van der Waals surface area (Å²) < 4.78 is 5.85. The Morgan fingerprint density at radius 1 is 1.15 bits per heavy atom. The van der Waals surface area contributed by atoms with Gasteiger partial charge in [0.1, 0.15) is 5.76 Å². The lowest BCUT2D eigenvalue weighted by Gasteiger charge is -2.47. The summed E-state index contributed by atoms with van der Waals surface area (Å²) in [5.74, 6) is 1.26. The minimum Gasteiger partial charge on any atom is -0.455 e. The molecule has 2 heterocycles. The molecule has 1 saturated heterocycles. The van der Waals surface area contributed by atoms with Crippen LogP contribution in [0.3, 0.4) is 0 Å². The second kappa shape index (κ2) is 5.96. The van der Waals surface area contributed by atoms with E-state index in [2.05, 4.69) is 0 Å². The van der Waals surface area contributed by atoms with Crippen molar-refractivity contribution in [1.82, 2.24) is 9.80 Å². The molecule has 6 nitrogen and oxygen atoms in total. The molecule has 0 spiro atoms. The number of rotatable bonds is 2. The van der Waals surface area contributed by atoms with Crippen LogP contribution in [0.25, 0.3) is 0 Å². The van der Waals surface area contributed by atoms with E-state index >= 15 is 0 Å². The van der Waals surface area contributed by atoms with Crippen molar-refractivity contribution in [3.63, 3.8) is 0 Å². The van der Waals surface area contributed by atoms with Crippen LogP contribution < -0.4 is 0 Å². The van der Waals surface area contributed by atoms with E-state index in [1.165, 1.54) is 0 Å². The highest BCUT2D eigenvalue weighted by Gasteiger charge is 2.43. The van der Waals surface area contributed by atoms with Gasteiger partial charge in [-0.1, -0.05) is 0 Å². The predicted molar refractivity (Wildman–Crippen MR) is 95.1 cm³/mol. The van der Waals surface area contributed by atoms with E-state index in [-0.39, 0.29) is 23.5 Å². The van der Waals surface area contributed by atoms with Gasteiger partial charge in [0.15, 0.2) is 11.5 Å². The second-order valence-electron chi connectivity index (χ2n) is 8.43. The number of furan rings is 1. The number of aryl methyl sites for hydroxylation is 1. The average Bonchev–Trinajstić information content (AvgIpc) is 3.37. The largest absolute Gasteiger partial charge is 0.455 e. The normalized spacial score (nSPS) is 22.3. The van der Waals surface area contributed by atoms with E-state index in [4.69, 9.17) is 4.42 Å². The topological polar surface area (TPSA) is 70.8 Å². The molecule has 1 saturated carbocycles. The molecule has 2 amide bonds. The van der Waals surface area contributed by atoms with E-state index in [9.17, 15) is 14.4 Å². The van der Waals surface area contributed by atoms with Crippen LogP contribution in [-0.4, -0.2) is 52.6 Å². The van der Waals surface area contributed by atoms with Crippen molar-refractivity contribution in [2.75, 3.05) is 19.6 Å². The number of piperazine rings is 1. The van der Waals surface area contributed by atoms with Gasteiger partial charge in [-0.05, 0) is 40.0 Å². The summed E-state index contributed by atoms with van der Waals surface area (Å²) in [6.45, 7) is 7.36. The highest BCUT2D eigenvalue weighted by atomic mass is 16.4. The van der Waals surface area contributed by atoms with Gasteiger partial charge in [0.25, 0.3) is 5.91 Å². The molecule has 1 aliphatic heterocycles. The molecular weight excluding hydrogens is 332 g/mol. The smallest absolute Gasteiger partial charge is 0.290 e. The third-order valence-electron chi connectivity index (χ3n) is 5.89. The van der Waals surface area contributed by atoms with Gasteiger partial charge in [0.05, 0.1) is 11.1 Å². The first-order valence-electron chi connectivity index (χ1n) is 9.56. The molecule has 1 aromatic heterocycles. The Morgan fingerprint density at radius 3 is 2.50 bits per heavy atom. The van der Waals surface area contributed by atoms with E-state index in [0.29, 0.717) is 55.1 Å². The van der Waals surface area contributed by atoms with Gasteiger partial charge in [-0.3, -0.25) is 14.4 Å². The lowest BCUT2D eigenvalue weighted by molar-refractivity contribution is -0.136. The van der Waals surface area contributed by atoms with Gasteiger partial charge in [-0.2, -0.15) is 0 Å². The molecule has 1 aromatic rings. The van der Waals surface area contributed by atoms with Crippen LogP contribution in [0.15, 0.2) is 4.42 Å². The molecule has 0 unspecified atom stereocenters. The molecule has 2 fully saturated rings. The molecule has 4 rings (SSSR count). The van der Waals surface area contributed by atoms with Crippen molar-refractivity contribution in [1.29, 1.82) is 0 Å². The van der Waals surface area contributed by atoms with Gasteiger partial charge >= 0.3 is 0 Å². The Bertz CT molecular complexity index is 788. The quantitative estimate of drug-likeness (QED) is 0.815. The number of fused-ring (bicyclic) bond motifs is 1. The first kappa shape index (κ1) is 17.3. The predicted octanol–water partition coefficient (Wildman–Crippen LogP) is 2.58. The van der Waals surface area contributed by atoms with E-state index in [0.717, 1.165) is 19.3 Å².